The molecule has 0 aromatic carbocycles. The minimum absolute atomic E-state index is 0.196. The van der Waals surface area contributed by atoms with E-state index in [9.17, 15) is 4.79 Å². The summed E-state index contributed by atoms with van der Waals surface area (Å²) in [6.07, 6.45) is 5.16. The van der Waals surface area contributed by atoms with Gasteiger partial charge in [-0.3, -0.25) is 4.79 Å². The van der Waals surface area contributed by atoms with Crippen LogP contribution in [0.15, 0.2) is 12.2 Å². The molecule has 11 heavy (non-hydrogen) atoms. The van der Waals surface area contributed by atoms with Gasteiger partial charge >= 0.3 is 0 Å². The van der Waals surface area contributed by atoms with E-state index in [0.29, 0.717) is 6.42 Å². The first kappa shape index (κ1) is 8.39. The fraction of sp³-hybridized carbons (Fsp3) is 0.571. The van der Waals surface area contributed by atoms with E-state index in [2.05, 4.69) is 9.78 Å². The third-order valence-corrected chi connectivity index (χ3v) is 1.26. The summed E-state index contributed by atoms with van der Waals surface area (Å²) < 4.78 is 4.97. The molecule has 0 bridgehead atoms. The van der Waals surface area contributed by atoms with Crippen LogP contribution in [0.3, 0.4) is 0 Å². The first-order chi connectivity index (χ1) is 5.43. The van der Waals surface area contributed by atoms with Crippen molar-refractivity contribution in [3.05, 3.63) is 12.2 Å². The standard InChI is InChI=1S/C7H10O4/c8-5-3-1-2-4-7-9-6-10-11-7/h1,3,5,7H,2,4,6H2/b3-1+. The summed E-state index contributed by atoms with van der Waals surface area (Å²) in [5.74, 6) is 0. The van der Waals surface area contributed by atoms with E-state index in [1.807, 2.05) is 0 Å². The highest BCUT2D eigenvalue weighted by molar-refractivity contribution is 5.64. The predicted molar refractivity (Wildman–Crippen MR) is 36.3 cm³/mol. The van der Waals surface area contributed by atoms with Crippen molar-refractivity contribution < 1.29 is 19.3 Å². The Hall–Kier alpha value is -0.710. The van der Waals surface area contributed by atoms with Gasteiger partial charge in [-0.15, -0.1) is 0 Å². The zero-order valence-electron chi connectivity index (χ0n) is 6.06. The second-order valence-electron chi connectivity index (χ2n) is 2.07. The number of ether oxygens (including phenoxy) is 1. The van der Waals surface area contributed by atoms with Crippen LogP contribution in [0.25, 0.3) is 0 Å². The molecule has 0 saturated carbocycles. The Kier molecular flexibility index (Phi) is 3.82. The molecule has 0 aromatic heterocycles. The molecular weight excluding hydrogens is 148 g/mol. The molecule has 0 spiro atoms. The van der Waals surface area contributed by atoms with Gasteiger partial charge in [0.2, 0.25) is 0 Å². The van der Waals surface area contributed by atoms with Gasteiger partial charge < -0.3 is 4.74 Å². The third kappa shape index (κ3) is 3.27. The average Bonchev–Trinajstić information content (AvgIpc) is 2.50. The number of aldehydes is 1. The molecule has 1 aliphatic heterocycles. The van der Waals surface area contributed by atoms with Crippen LogP contribution >= 0.6 is 0 Å². The van der Waals surface area contributed by atoms with Crippen molar-refractivity contribution in [2.45, 2.75) is 19.1 Å². The molecule has 1 saturated heterocycles. The molecule has 1 atom stereocenters. The predicted octanol–water partition coefficient (Wildman–Crippen LogP) is 0.784. The number of hydrogen-bond acceptors (Lipinski definition) is 4. The topological polar surface area (TPSA) is 44.8 Å². The van der Waals surface area contributed by atoms with Crippen molar-refractivity contribution in [3.8, 4) is 0 Å². The molecule has 0 aromatic rings. The monoisotopic (exact) mass is 158 g/mol. The second kappa shape index (κ2) is 5.01. The molecule has 1 heterocycles. The van der Waals surface area contributed by atoms with E-state index in [4.69, 9.17) is 4.74 Å². The zero-order valence-corrected chi connectivity index (χ0v) is 6.06. The molecule has 1 unspecified atom stereocenters. The molecule has 0 aliphatic carbocycles. The molecule has 4 heteroatoms. The van der Waals surface area contributed by atoms with E-state index in [0.717, 1.165) is 12.7 Å². The van der Waals surface area contributed by atoms with Crippen LogP contribution in [-0.4, -0.2) is 19.4 Å². The molecule has 0 radical (unpaired) electrons. The van der Waals surface area contributed by atoms with Crippen LogP contribution in [0.4, 0.5) is 0 Å². The van der Waals surface area contributed by atoms with Gasteiger partial charge in [-0.05, 0) is 12.5 Å². The van der Waals surface area contributed by atoms with Crippen molar-refractivity contribution in [2.24, 2.45) is 0 Å². The highest BCUT2D eigenvalue weighted by Gasteiger charge is 2.15. The minimum atomic E-state index is -0.272. The van der Waals surface area contributed by atoms with Gasteiger partial charge in [-0.1, -0.05) is 6.08 Å². The van der Waals surface area contributed by atoms with E-state index >= 15 is 0 Å². The van der Waals surface area contributed by atoms with Crippen LogP contribution in [0.5, 0.6) is 0 Å². The fourth-order valence-corrected chi connectivity index (χ4v) is 0.751. The summed E-state index contributed by atoms with van der Waals surface area (Å²) in [5, 5.41) is 0. The average molecular weight is 158 g/mol. The lowest BCUT2D eigenvalue weighted by atomic mass is 10.3. The Bertz CT molecular complexity index is 137. The van der Waals surface area contributed by atoms with Crippen molar-refractivity contribution in [1.82, 2.24) is 0 Å². The first-order valence-electron chi connectivity index (χ1n) is 3.43. The normalized spacial score (nSPS) is 24.5. The molecule has 1 fully saturated rings. The Morgan fingerprint density at radius 1 is 1.55 bits per heavy atom. The van der Waals surface area contributed by atoms with Gasteiger partial charge in [0.05, 0.1) is 0 Å². The van der Waals surface area contributed by atoms with Crippen molar-refractivity contribution in [1.29, 1.82) is 0 Å². The Morgan fingerprint density at radius 3 is 3.09 bits per heavy atom. The summed E-state index contributed by atoms with van der Waals surface area (Å²) in [4.78, 5) is 19.0. The van der Waals surface area contributed by atoms with Gasteiger partial charge in [0.15, 0.2) is 13.1 Å². The molecule has 0 N–H and O–H groups in total. The van der Waals surface area contributed by atoms with Crippen LogP contribution in [0, 0.1) is 0 Å². The van der Waals surface area contributed by atoms with E-state index in [-0.39, 0.29) is 13.1 Å². The second-order valence-corrected chi connectivity index (χ2v) is 2.07. The van der Waals surface area contributed by atoms with Gasteiger partial charge in [0.25, 0.3) is 0 Å². The van der Waals surface area contributed by atoms with Crippen molar-refractivity contribution in [2.75, 3.05) is 6.79 Å². The quantitative estimate of drug-likeness (QED) is 0.344. The fourth-order valence-electron chi connectivity index (χ4n) is 0.751. The first-order valence-corrected chi connectivity index (χ1v) is 3.43. The molecule has 1 rings (SSSR count). The van der Waals surface area contributed by atoms with Crippen LogP contribution in [-0.2, 0) is 19.3 Å². The zero-order chi connectivity index (χ0) is 7.94. The number of hydrogen-bond donors (Lipinski definition) is 0. The van der Waals surface area contributed by atoms with Crippen LogP contribution in [0.2, 0.25) is 0 Å². The molecule has 1 aliphatic rings. The number of carbonyl (C=O) groups is 1. The van der Waals surface area contributed by atoms with Gasteiger partial charge in [0.1, 0.15) is 6.29 Å². The summed E-state index contributed by atoms with van der Waals surface area (Å²) in [5.41, 5.74) is 0. The van der Waals surface area contributed by atoms with Crippen molar-refractivity contribution >= 4 is 6.29 Å². The smallest absolute Gasteiger partial charge is 0.194 e. The number of carbonyl (C=O) groups excluding carboxylic acids is 1. The van der Waals surface area contributed by atoms with Crippen molar-refractivity contribution in [3.63, 3.8) is 0 Å². The molecule has 62 valence electrons. The molecule has 4 nitrogen and oxygen atoms in total. The minimum Gasteiger partial charge on any atom is -0.320 e. The summed E-state index contributed by atoms with van der Waals surface area (Å²) in [6.45, 7) is 0.196. The molecule has 0 amide bonds. The van der Waals surface area contributed by atoms with Gasteiger partial charge in [-0.2, -0.15) is 0 Å². The highest BCUT2D eigenvalue weighted by atomic mass is 17.3. The largest absolute Gasteiger partial charge is 0.320 e. The van der Waals surface area contributed by atoms with Gasteiger partial charge in [-0.25, -0.2) is 9.78 Å². The lowest BCUT2D eigenvalue weighted by Gasteiger charge is -2.01. The lowest BCUT2D eigenvalue weighted by Crippen LogP contribution is -2.05. The third-order valence-electron chi connectivity index (χ3n) is 1.26. The summed E-state index contributed by atoms with van der Waals surface area (Å²) >= 11 is 0. The lowest BCUT2D eigenvalue weighted by molar-refractivity contribution is -0.277. The SMILES string of the molecule is O=C/C=C/CCC1OCOO1. The molecular formula is C7H10O4. The summed E-state index contributed by atoms with van der Waals surface area (Å²) in [7, 11) is 0. The maximum absolute atomic E-state index is 9.83. The Labute approximate surface area is 64.7 Å². The maximum Gasteiger partial charge on any atom is 0.194 e. The number of rotatable bonds is 4. The Morgan fingerprint density at radius 2 is 2.45 bits per heavy atom. The number of allylic oxidation sites excluding steroid dienone is 2. The van der Waals surface area contributed by atoms with Crippen LogP contribution < -0.4 is 0 Å². The Balaban J connectivity index is 2.01. The van der Waals surface area contributed by atoms with E-state index in [1.165, 1.54) is 6.08 Å². The maximum atomic E-state index is 9.83. The van der Waals surface area contributed by atoms with Crippen LogP contribution in [0.1, 0.15) is 12.8 Å². The van der Waals surface area contributed by atoms with Gasteiger partial charge in [0, 0.05) is 6.42 Å². The highest BCUT2D eigenvalue weighted by Crippen LogP contribution is 2.10. The summed E-state index contributed by atoms with van der Waals surface area (Å²) in [6, 6.07) is 0. The van der Waals surface area contributed by atoms with E-state index in [1.54, 1.807) is 6.08 Å². The van der Waals surface area contributed by atoms with E-state index < -0.39 is 0 Å².